The van der Waals surface area contributed by atoms with Crippen LogP contribution in [0.3, 0.4) is 0 Å². The molecule has 3 rings (SSSR count). The lowest BCUT2D eigenvalue weighted by atomic mass is 10.1. The second kappa shape index (κ2) is 4.80. The maximum absolute atomic E-state index is 10.9. The summed E-state index contributed by atoms with van der Waals surface area (Å²) in [4.78, 5) is 10.9. The fraction of sp³-hybridized carbons (Fsp3) is 0.0588. The molecule has 1 N–H and O–H groups in total. The highest BCUT2D eigenvalue weighted by Crippen LogP contribution is 2.29. The van der Waals surface area contributed by atoms with Crippen molar-refractivity contribution in [2.75, 3.05) is 0 Å². The van der Waals surface area contributed by atoms with Crippen LogP contribution < -0.4 is 0 Å². The second-order valence-corrected chi connectivity index (χ2v) is 4.83. The molecule has 4 heteroatoms. The van der Waals surface area contributed by atoms with Crippen LogP contribution in [-0.2, 0) is 11.8 Å². The first-order valence-corrected chi connectivity index (χ1v) is 6.44. The summed E-state index contributed by atoms with van der Waals surface area (Å²) < 4.78 is 2.10. The van der Waals surface area contributed by atoms with Crippen molar-refractivity contribution >= 4 is 33.9 Å². The summed E-state index contributed by atoms with van der Waals surface area (Å²) in [6, 6.07) is 15.4. The minimum atomic E-state index is -1.21. The average Bonchev–Trinajstić information content (AvgIpc) is 2.78. The summed E-state index contributed by atoms with van der Waals surface area (Å²) in [6.07, 6.45) is 1.39. The Labute approximate surface area is 121 Å². The standard InChI is InChI=1S/C17H12N2O2/c1-19-15-5-3-2-4-13(15)14-9-11(6-7-16(14)19)8-12(10-18)17(20)21/h2-9H,1H3,(H,20,21)/b12-8-. The predicted octanol–water partition coefficient (Wildman–Crippen LogP) is 3.32. The van der Waals surface area contributed by atoms with E-state index in [-0.39, 0.29) is 5.57 Å². The van der Waals surface area contributed by atoms with E-state index in [0.29, 0.717) is 5.56 Å². The number of nitriles is 1. The molecule has 0 aliphatic rings. The lowest BCUT2D eigenvalue weighted by molar-refractivity contribution is -0.132. The van der Waals surface area contributed by atoms with E-state index < -0.39 is 5.97 Å². The zero-order valence-corrected chi connectivity index (χ0v) is 11.4. The minimum absolute atomic E-state index is 0.269. The SMILES string of the molecule is Cn1c2ccccc2c2cc(/C=C(/C#N)C(=O)O)ccc21. The van der Waals surface area contributed by atoms with Crippen molar-refractivity contribution in [1.29, 1.82) is 5.26 Å². The van der Waals surface area contributed by atoms with Crippen molar-refractivity contribution in [3.8, 4) is 6.07 Å². The van der Waals surface area contributed by atoms with E-state index in [1.807, 2.05) is 49.5 Å². The van der Waals surface area contributed by atoms with Gasteiger partial charge in [0, 0.05) is 28.9 Å². The molecule has 0 atom stereocenters. The summed E-state index contributed by atoms with van der Waals surface area (Å²) in [6.45, 7) is 0. The number of benzene rings is 2. The second-order valence-electron chi connectivity index (χ2n) is 4.83. The number of aryl methyl sites for hydroxylation is 1. The molecule has 0 spiro atoms. The highest BCUT2D eigenvalue weighted by atomic mass is 16.4. The molecule has 3 aromatic rings. The maximum Gasteiger partial charge on any atom is 0.346 e. The third-order valence-electron chi connectivity index (χ3n) is 3.60. The molecule has 1 aromatic heterocycles. The Balaban J connectivity index is 2.28. The normalized spacial score (nSPS) is 11.7. The van der Waals surface area contributed by atoms with Crippen molar-refractivity contribution in [1.82, 2.24) is 4.57 Å². The van der Waals surface area contributed by atoms with Gasteiger partial charge in [0.1, 0.15) is 11.6 Å². The molecule has 21 heavy (non-hydrogen) atoms. The summed E-state index contributed by atoms with van der Waals surface area (Å²) >= 11 is 0. The molecule has 102 valence electrons. The zero-order valence-electron chi connectivity index (χ0n) is 11.4. The molecule has 0 fully saturated rings. The molecule has 2 aromatic carbocycles. The molecule has 0 radical (unpaired) electrons. The largest absolute Gasteiger partial charge is 0.477 e. The molecule has 0 aliphatic carbocycles. The molecular weight excluding hydrogens is 264 g/mol. The van der Waals surface area contributed by atoms with Crippen molar-refractivity contribution in [3.05, 3.63) is 53.6 Å². The third kappa shape index (κ3) is 2.05. The van der Waals surface area contributed by atoms with Crippen LogP contribution >= 0.6 is 0 Å². The number of para-hydroxylation sites is 1. The number of fused-ring (bicyclic) bond motifs is 3. The van der Waals surface area contributed by atoms with Gasteiger partial charge in [-0.1, -0.05) is 24.3 Å². The highest BCUT2D eigenvalue weighted by molar-refractivity contribution is 6.09. The van der Waals surface area contributed by atoms with Gasteiger partial charge in [0.05, 0.1) is 0 Å². The summed E-state index contributed by atoms with van der Waals surface area (Å²) in [5.41, 5.74) is 2.63. The zero-order chi connectivity index (χ0) is 15.0. The maximum atomic E-state index is 10.9. The average molecular weight is 276 g/mol. The number of aliphatic carboxylic acids is 1. The van der Waals surface area contributed by atoms with Gasteiger partial charge in [0.2, 0.25) is 0 Å². The first-order valence-electron chi connectivity index (χ1n) is 6.44. The summed E-state index contributed by atoms with van der Waals surface area (Å²) in [7, 11) is 2.00. The van der Waals surface area contributed by atoms with E-state index in [4.69, 9.17) is 10.4 Å². The fourth-order valence-corrected chi connectivity index (χ4v) is 2.58. The Morgan fingerprint density at radius 2 is 1.90 bits per heavy atom. The molecule has 0 saturated heterocycles. The van der Waals surface area contributed by atoms with Crippen LogP contribution in [0.4, 0.5) is 0 Å². The Kier molecular flexibility index (Phi) is 2.96. The Morgan fingerprint density at radius 1 is 1.19 bits per heavy atom. The topological polar surface area (TPSA) is 66.0 Å². The van der Waals surface area contributed by atoms with Crippen molar-refractivity contribution < 1.29 is 9.90 Å². The molecule has 0 unspecified atom stereocenters. The van der Waals surface area contributed by atoms with Gasteiger partial charge in [0.15, 0.2) is 0 Å². The van der Waals surface area contributed by atoms with Gasteiger partial charge in [-0.15, -0.1) is 0 Å². The Hall–Kier alpha value is -3.06. The minimum Gasteiger partial charge on any atom is -0.477 e. The Morgan fingerprint density at radius 3 is 2.62 bits per heavy atom. The van der Waals surface area contributed by atoms with E-state index in [1.54, 1.807) is 6.07 Å². The number of carboxylic acids is 1. The number of carboxylic acid groups (broad SMARTS) is 1. The van der Waals surface area contributed by atoms with E-state index >= 15 is 0 Å². The molecular formula is C17H12N2O2. The van der Waals surface area contributed by atoms with E-state index in [1.165, 1.54) is 6.08 Å². The lowest BCUT2D eigenvalue weighted by Crippen LogP contribution is -1.97. The van der Waals surface area contributed by atoms with Crippen LogP contribution in [0.25, 0.3) is 27.9 Å². The van der Waals surface area contributed by atoms with Crippen molar-refractivity contribution in [3.63, 3.8) is 0 Å². The molecule has 4 nitrogen and oxygen atoms in total. The van der Waals surface area contributed by atoms with Gasteiger partial charge >= 0.3 is 5.97 Å². The van der Waals surface area contributed by atoms with Crippen LogP contribution in [-0.4, -0.2) is 15.6 Å². The van der Waals surface area contributed by atoms with Gasteiger partial charge in [0.25, 0.3) is 0 Å². The molecule has 0 saturated carbocycles. The molecule has 0 amide bonds. The predicted molar refractivity (Wildman–Crippen MR) is 81.7 cm³/mol. The van der Waals surface area contributed by atoms with Crippen molar-refractivity contribution in [2.24, 2.45) is 7.05 Å². The first kappa shape index (κ1) is 12.9. The Bertz CT molecular complexity index is 942. The van der Waals surface area contributed by atoms with E-state index in [2.05, 4.69) is 4.57 Å². The summed E-state index contributed by atoms with van der Waals surface area (Å²) in [5.74, 6) is -1.21. The fourth-order valence-electron chi connectivity index (χ4n) is 2.58. The van der Waals surface area contributed by atoms with E-state index in [9.17, 15) is 4.79 Å². The quantitative estimate of drug-likeness (QED) is 0.576. The van der Waals surface area contributed by atoms with E-state index in [0.717, 1.165) is 21.8 Å². The molecule has 0 aliphatic heterocycles. The highest BCUT2D eigenvalue weighted by Gasteiger charge is 2.09. The third-order valence-corrected chi connectivity index (χ3v) is 3.60. The van der Waals surface area contributed by atoms with Gasteiger partial charge in [-0.25, -0.2) is 4.79 Å². The number of hydrogen-bond acceptors (Lipinski definition) is 2. The molecule has 1 heterocycles. The van der Waals surface area contributed by atoms with Crippen LogP contribution in [0, 0.1) is 11.3 Å². The lowest BCUT2D eigenvalue weighted by Gasteiger charge is -1.99. The number of aromatic nitrogens is 1. The van der Waals surface area contributed by atoms with Gasteiger partial charge < -0.3 is 9.67 Å². The monoisotopic (exact) mass is 276 g/mol. The smallest absolute Gasteiger partial charge is 0.346 e. The number of rotatable bonds is 2. The molecule has 0 bridgehead atoms. The summed E-state index contributed by atoms with van der Waals surface area (Å²) in [5, 5.41) is 19.9. The van der Waals surface area contributed by atoms with Crippen LogP contribution in [0.15, 0.2) is 48.0 Å². The number of carbonyl (C=O) groups is 1. The van der Waals surface area contributed by atoms with Crippen LogP contribution in [0.1, 0.15) is 5.56 Å². The van der Waals surface area contributed by atoms with Crippen LogP contribution in [0.2, 0.25) is 0 Å². The van der Waals surface area contributed by atoms with Crippen molar-refractivity contribution in [2.45, 2.75) is 0 Å². The van der Waals surface area contributed by atoms with Crippen LogP contribution in [0.5, 0.6) is 0 Å². The van der Waals surface area contributed by atoms with Gasteiger partial charge in [-0.2, -0.15) is 5.26 Å². The number of hydrogen-bond donors (Lipinski definition) is 1. The van der Waals surface area contributed by atoms with Gasteiger partial charge in [-0.05, 0) is 29.8 Å². The number of nitrogens with zero attached hydrogens (tertiary/aromatic N) is 2. The first-order chi connectivity index (χ1) is 10.1. The van der Waals surface area contributed by atoms with Gasteiger partial charge in [-0.3, -0.25) is 0 Å².